The van der Waals surface area contributed by atoms with Gasteiger partial charge in [-0.3, -0.25) is 9.69 Å². The van der Waals surface area contributed by atoms with E-state index in [0.29, 0.717) is 27.3 Å². The summed E-state index contributed by atoms with van der Waals surface area (Å²) in [4.78, 5) is 14.2. The second-order valence-corrected chi connectivity index (χ2v) is 7.10. The number of hydrogen-bond acceptors (Lipinski definition) is 5. The minimum atomic E-state index is -0.0848. The number of thioether (sulfide) groups is 1. The monoisotopic (exact) mass is 371 g/mol. The van der Waals surface area contributed by atoms with Crippen molar-refractivity contribution in [3.8, 4) is 11.5 Å². The maximum absolute atomic E-state index is 12.1. The maximum atomic E-state index is 12.1. The zero-order chi connectivity index (χ0) is 17.8. The molecule has 0 spiro atoms. The van der Waals surface area contributed by atoms with Crippen molar-refractivity contribution in [1.82, 2.24) is 4.90 Å². The van der Waals surface area contributed by atoms with E-state index in [0.717, 1.165) is 11.1 Å². The van der Waals surface area contributed by atoms with Crippen molar-refractivity contribution in [3.05, 3.63) is 64.6 Å². The standard InChI is InChI=1S/C19H17NO3S2/c1-20-18(21)17(25-19(20)24)11-14-8-9-15(16(10-14)22-2)23-12-13-6-4-3-5-7-13/h3-11H,12H2,1-2H3/b17-11+. The molecule has 2 aromatic rings. The third kappa shape index (κ3) is 4.03. The molecule has 0 atom stereocenters. The van der Waals surface area contributed by atoms with Crippen LogP contribution >= 0.6 is 24.0 Å². The van der Waals surface area contributed by atoms with Crippen LogP contribution in [0.3, 0.4) is 0 Å². The first-order valence-corrected chi connectivity index (χ1v) is 8.87. The summed E-state index contributed by atoms with van der Waals surface area (Å²) in [5, 5.41) is 0. The van der Waals surface area contributed by atoms with Crippen LogP contribution in [-0.2, 0) is 11.4 Å². The molecule has 0 bridgehead atoms. The van der Waals surface area contributed by atoms with Gasteiger partial charge in [0.15, 0.2) is 11.5 Å². The normalized spacial score (nSPS) is 15.8. The average Bonchev–Trinajstić information content (AvgIpc) is 2.88. The smallest absolute Gasteiger partial charge is 0.265 e. The number of rotatable bonds is 5. The molecule has 1 heterocycles. The van der Waals surface area contributed by atoms with Crippen LogP contribution in [0.4, 0.5) is 0 Å². The summed E-state index contributed by atoms with van der Waals surface area (Å²) < 4.78 is 11.8. The molecule has 6 heteroatoms. The molecule has 128 valence electrons. The van der Waals surface area contributed by atoms with Crippen molar-refractivity contribution >= 4 is 40.3 Å². The van der Waals surface area contributed by atoms with Gasteiger partial charge < -0.3 is 9.47 Å². The second-order valence-electron chi connectivity index (χ2n) is 5.43. The van der Waals surface area contributed by atoms with Crippen molar-refractivity contribution in [2.75, 3.05) is 14.2 Å². The molecule has 1 fully saturated rings. The van der Waals surface area contributed by atoms with Gasteiger partial charge in [0.05, 0.1) is 12.0 Å². The van der Waals surface area contributed by atoms with Crippen molar-refractivity contribution in [2.24, 2.45) is 0 Å². The number of hydrogen-bond donors (Lipinski definition) is 0. The van der Waals surface area contributed by atoms with Crippen molar-refractivity contribution in [3.63, 3.8) is 0 Å². The number of likely N-dealkylation sites (N-methyl/N-ethyl adjacent to an activating group) is 1. The first-order valence-electron chi connectivity index (χ1n) is 7.65. The highest BCUT2D eigenvalue weighted by molar-refractivity contribution is 8.26. The predicted molar refractivity (Wildman–Crippen MR) is 105 cm³/mol. The highest BCUT2D eigenvalue weighted by Gasteiger charge is 2.28. The molecule has 1 aliphatic heterocycles. The van der Waals surface area contributed by atoms with Gasteiger partial charge in [-0.15, -0.1) is 0 Å². The average molecular weight is 371 g/mol. The van der Waals surface area contributed by atoms with Gasteiger partial charge in [0.25, 0.3) is 5.91 Å². The van der Waals surface area contributed by atoms with E-state index in [9.17, 15) is 4.79 Å². The first-order chi connectivity index (χ1) is 12.1. The lowest BCUT2D eigenvalue weighted by molar-refractivity contribution is -0.121. The Kier molecular flexibility index (Phi) is 5.40. The van der Waals surface area contributed by atoms with Crippen molar-refractivity contribution in [2.45, 2.75) is 6.61 Å². The molecule has 0 unspecified atom stereocenters. The van der Waals surface area contributed by atoms with E-state index in [1.807, 2.05) is 54.6 Å². The summed E-state index contributed by atoms with van der Waals surface area (Å²) in [5.41, 5.74) is 1.94. The van der Waals surface area contributed by atoms with Crippen LogP contribution in [0.2, 0.25) is 0 Å². The van der Waals surface area contributed by atoms with E-state index in [2.05, 4.69) is 0 Å². The Hall–Kier alpha value is -2.31. The summed E-state index contributed by atoms with van der Waals surface area (Å²) in [6.07, 6.45) is 1.81. The van der Waals surface area contributed by atoms with Gasteiger partial charge in [0.1, 0.15) is 10.9 Å². The Morgan fingerprint density at radius 1 is 1.16 bits per heavy atom. The van der Waals surface area contributed by atoms with Crippen molar-refractivity contribution in [1.29, 1.82) is 0 Å². The quantitative estimate of drug-likeness (QED) is 0.584. The minimum Gasteiger partial charge on any atom is -0.493 e. The summed E-state index contributed by atoms with van der Waals surface area (Å²) in [6, 6.07) is 15.5. The van der Waals surface area contributed by atoms with Gasteiger partial charge in [-0.1, -0.05) is 60.4 Å². The number of nitrogens with zero attached hydrogens (tertiary/aromatic N) is 1. The van der Waals surface area contributed by atoms with Gasteiger partial charge in [0.2, 0.25) is 0 Å². The molecule has 0 saturated carbocycles. The van der Waals surface area contributed by atoms with E-state index in [-0.39, 0.29) is 5.91 Å². The molecule has 1 amide bonds. The maximum Gasteiger partial charge on any atom is 0.265 e. The fourth-order valence-electron chi connectivity index (χ4n) is 2.33. The van der Waals surface area contributed by atoms with E-state index in [4.69, 9.17) is 21.7 Å². The number of methoxy groups -OCH3 is 1. The summed E-state index contributed by atoms with van der Waals surface area (Å²) in [5.74, 6) is 1.20. The highest BCUT2D eigenvalue weighted by Crippen LogP contribution is 2.34. The van der Waals surface area contributed by atoms with Crippen LogP contribution in [0.1, 0.15) is 11.1 Å². The summed E-state index contributed by atoms with van der Waals surface area (Å²) in [6.45, 7) is 0.463. The molecule has 3 rings (SSSR count). The van der Waals surface area contributed by atoms with E-state index < -0.39 is 0 Å². The number of ether oxygens (including phenoxy) is 2. The molecule has 4 nitrogen and oxygen atoms in total. The fraction of sp³-hybridized carbons (Fsp3) is 0.158. The highest BCUT2D eigenvalue weighted by atomic mass is 32.2. The molecule has 0 N–H and O–H groups in total. The SMILES string of the molecule is COc1cc(/C=C2/SC(=S)N(C)C2=O)ccc1OCc1ccccc1. The first kappa shape index (κ1) is 17.5. The molecule has 0 radical (unpaired) electrons. The van der Waals surface area contributed by atoms with Crippen LogP contribution in [0.25, 0.3) is 6.08 Å². The third-order valence-corrected chi connectivity index (χ3v) is 5.19. The Balaban J connectivity index is 1.78. The predicted octanol–water partition coefficient (Wildman–Crippen LogP) is 4.11. The Morgan fingerprint density at radius 3 is 2.56 bits per heavy atom. The summed E-state index contributed by atoms with van der Waals surface area (Å²) >= 11 is 6.44. The molecule has 1 aliphatic rings. The molecular formula is C19H17NO3S2. The van der Waals surface area contributed by atoms with E-state index in [1.54, 1.807) is 14.2 Å². The number of benzene rings is 2. The van der Waals surface area contributed by atoms with Crippen LogP contribution in [0, 0.1) is 0 Å². The molecule has 0 aromatic heterocycles. The summed E-state index contributed by atoms with van der Waals surface area (Å²) in [7, 11) is 3.28. The fourth-order valence-corrected chi connectivity index (χ4v) is 3.50. The van der Waals surface area contributed by atoms with Crippen LogP contribution in [-0.4, -0.2) is 29.3 Å². The largest absolute Gasteiger partial charge is 0.493 e. The Bertz CT molecular complexity index is 834. The number of carbonyl (C=O) groups excluding carboxylic acids is 1. The molecule has 1 saturated heterocycles. The molecule has 2 aromatic carbocycles. The number of thiocarbonyl (C=S) groups is 1. The van der Waals surface area contributed by atoms with Gasteiger partial charge in [-0.05, 0) is 29.3 Å². The van der Waals surface area contributed by atoms with E-state index in [1.165, 1.54) is 16.7 Å². The lowest BCUT2D eigenvalue weighted by atomic mass is 10.2. The van der Waals surface area contributed by atoms with Crippen molar-refractivity contribution < 1.29 is 14.3 Å². The molecule has 25 heavy (non-hydrogen) atoms. The number of carbonyl (C=O) groups is 1. The van der Waals surface area contributed by atoms with Gasteiger partial charge >= 0.3 is 0 Å². The van der Waals surface area contributed by atoms with Crippen LogP contribution in [0.5, 0.6) is 11.5 Å². The lowest BCUT2D eigenvalue weighted by Crippen LogP contribution is -2.22. The Morgan fingerprint density at radius 2 is 1.92 bits per heavy atom. The van der Waals surface area contributed by atoms with Crippen LogP contribution < -0.4 is 9.47 Å². The Labute approximate surface area is 156 Å². The zero-order valence-corrected chi connectivity index (χ0v) is 15.5. The molecular weight excluding hydrogens is 354 g/mol. The number of amides is 1. The lowest BCUT2D eigenvalue weighted by Gasteiger charge is -2.11. The third-order valence-electron chi connectivity index (χ3n) is 3.71. The topological polar surface area (TPSA) is 38.8 Å². The van der Waals surface area contributed by atoms with Gasteiger partial charge in [0, 0.05) is 7.05 Å². The second kappa shape index (κ2) is 7.72. The molecule has 0 aliphatic carbocycles. The van der Waals surface area contributed by atoms with Crippen LogP contribution in [0.15, 0.2) is 53.4 Å². The van der Waals surface area contributed by atoms with Gasteiger partial charge in [-0.2, -0.15) is 0 Å². The minimum absolute atomic E-state index is 0.0848. The van der Waals surface area contributed by atoms with Gasteiger partial charge in [-0.25, -0.2) is 0 Å². The zero-order valence-electron chi connectivity index (χ0n) is 13.9. The van der Waals surface area contributed by atoms with E-state index >= 15 is 0 Å².